The van der Waals surface area contributed by atoms with Gasteiger partial charge in [-0.25, -0.2) is 0 Å². The van der Waals surface area contributed by atoms with Crippen molar-refractivity contribution < 1.29 is 19.4 Å². The number of benzene rings is 3. The van der Waals surface area contributed by atoms with E-state index in [4.69, 9.17) is 17.0 Å². The molecule has 31 heavy (non-hydrogen) atoms. The van der Waals surface area contributed by atoms with E-state index in [9.17, 15) is 0 Å². The summed E-state index contributed by atoms with van der Waals surface area (Å²) in [5.41, 5.74) is 10.7. The summed E-state index contributed by atoms with van der Waals surface area (Å²) < 4.78 is 0.261. The SMILES string of the molecule is CCCC1=Cc2c(ccc(C(C)(C)C)c2-c2ccccc2-c2ccccc2)[CH]1[Zr]([Cl])[Cl]. The van der Waals surface area contributed by atoms with Crippen LogP contribution >= 0.6 is 17.0 Å². The topological polar surface area (TPSA) is 0 Å². The fourth-order valence-corrected chi connectivity index (χ4v) is 10.3. The second-order valence-corrected chi connectivity index (χ2v) is 18.2. The molecule has 0 N–H and O–H groups in total. The van der Waals surface area contributed by atoms with Crippen molar-refractivity contribution in [3.8, 4) is 22.3 Å². The van der Waals surface area contributed by atoms with Gasteiger partial charge in [0.05, 0.1) is 0 Å². The molecule has 1 atom stereocenters. The van der Waals surface area contributed by atoms with Gasteiger partial charge < -0.3 is 0 Å². The van der Waals surface area contributed by atoms with Crippen LogP contribution in [0.25, 0.3) is 28.3 Å². The number of halogens is 2. The third-order valence-corrected chi connectivity index (χ3v) is 11.5. The van der Waals surface area contributed by atoms with Crippen molar-refractivity contribution in [2.75, 3.05) is 0 Å². The number of hydrogen-bond acceptors (Lipinski definition) is 0. The van der Waals surface area contributed by atoms with Crippen LogP contribution in [-0.4, -0.2) is 0 Å². The van der Waals surface area contributed by atoms with Crippen LogP contribution < -0.4 is 0 Å². The number of rotatable bonds is 5. The van der Waals surface area contributed by atoms with E-state index in [1.54, 1.807) is 0 Å². The first-order valence-electron chi connectivity index (χ1n) is 11.0. The van der Waals surface area contributed by atoms with Crippen LogP contribution in [0, 0.1) is 0 Å². The van der Waals surface area contributed by atoms with E-state index >= 15 is 0 Å². The van der Waals surface area contributed by atoms with Crippen LogP contribution in [-0.2, 0) is 24.8 Å². The van der Waals surface area contributed by atoms with Gasteiger partial charge in [0.25, 0.3) is 0 Å². The Morgan fingerprint density at radius 1 is 0.839 bits per heavy atom. The Kier molecular flexibility index (Phi) is 6.97. The first kappa shape index (κ1) is 23.0. The van der Waals surface area contributed by atoms with Gasteiger partial charge in [-0.2, -0.15) is 0 Å². The van der Waals surface area contributed by atoms with Gasteiger partial charge in [0.15, 0.2) is 0 Å². The van der Waals surface area contributed by atoms with E-state index in [0.29, 0.717) is 0 Å². The molecule has 0 saturated carbocycles. The van der Waals surface area contributed by atoms with Gasteiger partial charge >= 0.3 is 203 Å². The summed E-state index contributed by atoms with van der Waals surface area (Å²) in [7, 11) is 13.4. The first-order valence-corrected chi connectivity index (χ1v) is 18.8. The van der Waals surface area contributed by atoms with E-state index in [-0.39, 0.29) is 9.04 Å². The summed E-state index contributed by atoms with van der Waals surface area (Å²) in [4.78, 5) is 0. The minimum atomic E-state index is -2.53. The molecule has 0 bridgehead atoms. The monoisotopic (exact) mass is 525 g/mol. The molecule has 0 amide bonds. The van der Waals surface area contributed by atoms with Gasteiger partial charge in [-0.05, 0) is 0 Å². The molecule has 1 unspecified atom stereocenters. The summed E-state index contributed by atoms with van der Waals surface area (Å²) >= 11 is -2.53. The van der Waals surface area contributed by atoms with Crippen LogP contribution in [0.3, 0.4) is 0 Å². The van der Waals surface area contributed by atoms with Crippen molar-refractivity contribution in [1.29, 1.82) is 0 Å². The Hall–Kier alpha value is -1.14. The van der Waals surface area contributed by atoms with Gasteiger partial charge in [-0.15, -0.1) is 0 Å². The zero-order valence-electron chi connectivity index (χ0n) is 18.7. The number of fused-ring (bicyclic) bond motifs is 1. The molecule has 3 heteroatoms. The Morgan fingerprint density at radius 3 is 2.10 bits per heavy atom. The standard InChI is InChI=1S/C28H29.2ClH.Zr/c1-5-11-20-18-22-16-17-26(28(2,3)4)27(25(22)19-20)24-15-10-9-14-23(24)21-12-7-6-8-13-21;;;/h6-10,12-19H,5,11H2,1-4H3;2*1H;/q;;;+2/p-2. The summed E-state index contributed by atoms with van der Waals surface area (Å²) in [6.07, 6.45) is 4.59. The van der Waals surface area contributed by atoms with Crippen molar-refractivity contribution in [3.63, 3.8) is 0 Å². The molecule has 159 valence electrons. The molecule has 3 aromatic carbocycles. The molecular formula is C28H29Cl2Zr. The summed E-state index contributed by atoms with van der Waals surface area (Å²) in [6, 6.07) is 24.1. The van der Waals surface area contributed by atoms with Crippen molar-refractivity contribution in [1.82, 2.24) is 0 Å². The maximum atomic E-state index is 6.72. The van der Waals surface area contributed by atoms with E-state index in [0.717, 1.165) is 12.8 Å². The average molecular weight is 528 g/mol. The third kappa shape index (κ3) is 4.52. The van der Waals surface area contributed by atoms with Crippen molar-refractivity contribution in [3.05, 3.63) is 89.0 Å². The number of hydrogen-bond donors (Lipinski definition) is 0. The normalized spacial score (nSPS) is 15.5. The number of allylic oxidation sites excluding steroid dienone is 1. The Bertz CT molecular complexity index is 1110. The fraction of sp³-hybridized carbons (Fsp3) is 0.286. The molecule has 4 rings (SSSR count). The first-order chi connectivity index (χ1) is 14.8. The molecule has 0 heterocycles. The molecule has 0 nitrogen and oxygen atoms in total. The molecule has 0 spiro atoms. The molecule has 0 saturated heterocycles. The van der Waals surface area contributed by atoms with Crippen LogP contribution in [0.4, 0.5) is 0 Å². The van der Waals surface area contributed by atoms with Crippen molar-refractivity contribution >= 4 is 23.1 Å². The summed E-state index contributed by atoms with van der Waals surface area (Å²) in [6.45, 7) is 9.14. The zero-order chi connectivity index (χ0) is 22.2. The predicted molar refractivity (Wildman–Crippen MR) is 133 cm³/mol. The Morgan fingerprint density at radius 2 is 1.48 bits per heavy atom. The van der Waals surface area contributed by atoms with Gasteiger partial charge in [0.2, 0.25) is 0 Å². The summed E-state index contributed by atoms with van der Waals surface area (Å²) in [5.74, 6) is 0. The van der Waals surface area contributed by atoms with Crippen molar-refractivity contribution in [2.45, 2.75) is 49.6 Å². The van der Waals surface area contributed by atoms with Crippen molar-refractivity contribution in [2.24, 2.45) is 0 Å². The molecule has 1 aliphatic carbocycles. The van der Waals surface area contributed by atoms with E-state index in [1.807, 2.05) is 0 Å². The second kappa shape index (κ2) is 9.39. The summed E-state index contributed by atoms with van der Waals surface area (Å²) in [5, 5.41) is 0. The van der Waals surface area contributed by atoms with Crippen LogP contribution in [0.5, 0.6) is 0 Å². The molecule has 3 aromatic rings. The van der Waals surface area contributed by atoms with E-state index in [2.05, 4.69) is 101 Å². The average Bonchev–Trinajstić information content (AvgIpc) is 3.11. The Labute approximate surface area is 202 Å². The van der Waals surface area contributed by atoms with Gasteiger partial charge in [0, 0.05) is 0 Å². The van der Waals surface area contributed by atoms with Gasteiger partial charge in [-0.1, -0.05) is 0 Å². The molecular weight excluding hydrogens is 498 g/mol. The maximum absolute atomic E-state index is 6.72. The van der Waals surface area contributed by atoms with E-state index in [1.165, 1.54) is 44.5 Å². The van der Waals surface area contributed by atoms with Gasteiger partial charge in [0.1, 0.15) is 0 Å². The van der Waals surface area contributed by atoms with E-state index < -0.39 is 19.4 Å². The molecule has 1 aliphatic rings. The zero-order valence-corrected chi connectivity index (χ0v) is 22.6. The van der Waals surface area contributed by atoms with Gasteiger partial charge in [-0.3, -0.25) is 0 Å². The predicted octanol–water partition coefficient (Wildman–Crippen LogP) is 9.48. The quantitative estimate of drug-likeness (QED) is 0.310. The van der Waals surface area contributed by atoms with Crippen LogP contribution in [0.2, 0.25) is 0 Å². The molecule has 0 aromatic heterocycles. The Balaban J connectivity index is 2.04. The molecule has 0 fully saturated rings. The molecule has 0 radical (unpaired) electrons. The third-order valence-electron chi connectivity index (χ3n) is 6.14. The minimum absolute atomic E-state index is 0.0223. The van der Waals surface area contributed by atoms with Crippen LogP contribution in [0.15, 0.2) is 72.3 Å². The van der Waals surface area contributed by atoms with Crippen LogP contribution in [0.1, 0.15) is 60.9 Å². The fourth-order valence-electron chi connectivity index (χ4n) is 4.76. The molecule has 0 aliphatic heterocycles. The second-order valence-electron chi connectivity index (χ2n) is 9.34.